The van der Waals surface area contributed by atoms with Gasteiger partial charge in [-0.05, 0) is 71.8 Å². The van der Waals surface area contributed by atoms with E-state index in [1.54, 1.807) is 60.9 Å². The van der Waals surface area contributed by atoms with Gasteiger partial charge in [-0.2, -0.15) is 0 Å². The van der Waals surface area contributed by atoms with Gasteiger partial charge in [-0.15, -0.1) is 24.8 Å². The van der Waals surface area contributed by atoms with E-state index in [4.69, 9.17) is 34.2 Å². The van der Waals surface area contributed by atoms with Crippen molar-refractivity contribution in [3.05, 3.63) is 94.7 Å². The molecule has 0 unspecified atom stereocenters. The summed E-state index contributed by atoms with van der Waals surface area (Å²) in [5.41, 5.74) is 8.04. The van der Waals surface area contributed by atoms with Crippen molar-refractivity contribution in [2.24, 2.45) is 0 Å². The Morgan fingerprint density at radius 2 is 1.35 bits per heavy atom. The molecule has 0 atom stereocenters. The molecular weight excluding hydrogens is 637 g/mol. The Morgan fingerprint density at radius 3 is 1.89 bits per heavy atom. The second kappa shape index (κ2) is 15.2. The molecule has 0 amide bonds. The Hall–Kier alpha value is -5.13. The first-order chi connectivity index (χ1) is 21.3. The zero-order valence-electron chi connectivity index (χ0n) is 25.7. The SMILES string of the molecule is COC(=O)c1c(-c2cc(OC)c(OC)c(OC)c2)c2cc(OCc3ccncc3)c(OC)cc2c(=O)n1-c1ccc(N)cc1.Cl.Cl. The molecule has 0 aliphatic heterocycles. The lowest BCUT2D eigenvalue weighted by Gasteiger charge is -2.21. The van der Waals surface area contributed by atoms with Gasteiger partial charge in [0.1, 0.15) is 12.3 Å². The van der Waals surface area contributed by atoms with Gasteiger partial charge < -0.3 is 34.2 Å². The van der Waals surface area contributed by atoms with Crippen LogP contribution in [0.5, 0.6) is 28.7 Å². The van der Waals surface area contributed by atoms with E-state index in [2.05, 4.69) is 4.98 Å². The van der Waals surface area contributed by atoms with Crippen LogP contribution in [0.3, 0.4) is 0 Å². The fourth-order valence-corrected chi connectivity index (χ4v) is 4.99. The molecule has 242 valence electrons. The molecule has 0 saturated heterocycles. The van der Waals surface area contributed by atoms with Gasteiger partial charge >= 0.3 is 5.97 Å². The summed E-state index contributed by atoms with van der Waals surface area (Å²) in [6, 6.07) is 16.9. The van der Waals surface area contributed by atoms with Crippen molar-refractivity contribution in [2.45, 2.75) is 6.61 Å². The van der Waals surface area contributed by atoms with Crippen LogP contribution in [0.1, 0.15) is 16.1 Å². The third kappa shape index (κ3) is 6.60. The number of carbonyl (C=O) groups excluding carboxylic acids is 1. The van der Waals surface area contributed by atoms with Crippen molar-refractivity contribution in [2.75, 3.05) is 41.3 Å². The highest BCUT2D eigenvalue weighted by Crippen LogP contribution is 2.45. The normalized spacial score (nSPS) is 10.3. The summed E-state index contributed by atoms with van der Waals surface area (Å²) in [6.07, 6.45) is 3.34. The maximum absolute atomic E-state index is 14.3. The molecule has 3 aromatic carbocycles. The van der Waals surface area contributed by atoms with Crippen molar-refractivity contribution in [1.29, 1.82) is 0 Å². The molecule has 2 heterocycles. The van der Waals surface area contributed by atoms with Crippen LogP contribution in [-0.2, 0) is 11.3 Å². The minimum absolute atomic E-state index is 0. The molecule has 2 aromatic heterocycles. The highest BCUT2D eigenvalue weighted by atomic mass is 35.5. The quantitative estimate of drug-likeness (QED) is 0.142. The minimum Gasteiger partial charge on any atom is -0.493 e. The number of nitrogens with two attached hydrogens (primary N) is 1. The first kappa shape index (κ1) is 35.4. The lowest BCUT2D eigenvalue weighted by Crippen LogP contribution is -2.27. The van der Waals surface area contributed by atoms with E-state index < -0.39 is 11.5 Å². The van der Waals surface area contributed by atoms with Crippen LogP contribution in [0.2, 0.25) is 0 Å². The Labute approximate surface area is 277 Å². The average Bonchev–Trinajstić information content (AvgIpc) is 3.06. The lowest BCUT2D eigenvalue weighted by atomic mass is 9.95. The molecule has 11 nitrogen and oxygen atoms in total. The summed E-state index contributed by atoms with van der Waals surface area (Å²) < 4.78 is 35.2. The van der Waals surface area contributed by atoms with Crippen LogP contribution in [0, 0.1) is 0 Å². The Bertz CT molecular complexity index is 1870. The number of benzene rings is 3. The van der Waals surface area contributed by atoms with Crippen LogP contribution in [0.15, 0.2) is 77.9 Å². The minimum atomic E-state index is -0.750. The predicted octanol–water partition coefficient (Wildman–Crippen LogP) is 5.88. The van der Waals surface area contributed by atoms with E-state index in [-0.39, 0.29) is 42.5 Å². The lowest BCUT2D eigenvalue weighted by molar-refractivity contribution is 0.0591. The van der Waals surface area contributed by atoms with E-state index in [9.17, 15) is 9.59 Å². The number of aromatic nitrogens is 2. The summed E-state index contributed by atoms with van der Waals surface area (Å²) >= 11 is 0. The van der Waals surface area contributed by atoms with E-state index >= 15 is 0 Å². The van der Waals surface area contributed by atoms with Crippen LogP contribution < -0.4 is 35.0 Å². The number of esters is 1. The fraction of sp³-hybridized carbons (Fsp3) is 0.182. The number of nitrogens with zero attached hydrogens (tertiary/aromatic N) is 2. The number of ether oxygens (including phenoxy) is 6. The molecule has 0 radical (unpaired) electrons. The number of halogens is 2. The highest BCUT2D eigenvalue weighted by Gasteiger charge is 2.28. The molecule has 46 heavy (non-hydrogen) atoms. The summed E-state index contributed by atoms with van der Waals surface area (Å²) in [7, 11) is 7.22. The van der Waals surface area contributed by atoms with Crippen molar-refractivity contribution >= 4 is 47.2 Å². The van der Waals surface area contributed by atoms with Gasteiger partial charge in [-0.3, -0.25) is 14.3 Å². The van der Waals surface area contributed by atoms with Crippen molar-refractivity contribution in [1.82, 2.24) is 9.55 Å². The third-order valence-electron chi connectivity index (χ3n) is 7.09. The molecule has 0 saturated carbocycles. The number of fused-ring (bicyclic) bond motifs is 1. The maximum atomic E-state index is 14.3. The molecule has 2 N–H and O–H groups in total. The molecule has 5 aromatic rings. The molecule has 0 aliphatic rings. The summed E-state index contributed by atoms with van der Waals surface area (Å²) in [5.74, 6) is 0.981. The van der Waals surface area contributed by atoms with Gasteiger partial charge in [0, 0.05) is 34.7 Å². The predicted molar refractivity (Wildman–Crippen MR) is 180 cm³/mol. The third-order valence-corrected chi connectivity index (χ3v) is 7.09. The van der Waals surface area contributed by atoms with Crippen LogP contribution in [0.25, 0.3) is 27.6 Å². The fourth-order valence-electron chi connectivity index (χ4n) is 4.99. The highest BCUT2D eigenvalue weighted by molar-refractivity contribution is 6.08. The zero-order chi connectivity index (χ0) is 31.4. The van der Waals surface area contributed by atoms with Crippen LogP contribution in [0.4, 0.5) is 5.69 Å². The number of hydrogen-bond donors (Lipinski definition) is 1. The van der Waals surface area contributed by atoms with Gasteiger partial charge in [-0.1, -0.05) is 0 Å². The van der Waals surface area contributed by atoms with Crippen LogP contribution in [-0.4, -0.2) is 51.1 Å². The second-order valence-electron chi connectivity index (χ2n) is 9.55. The molecule has 0 bridgehead atoms. The van der Waals surface area contributed by atoms with Gasteiger partial charge in [0.05, 0.1) is 40.9 Å². The molecule has 0 fully saturated rings. The topological polar surface area (TPSA) is 133 Å². The Morgan fingerprint density at radius 1 is 0.761 bits per heavy atom. The van der Waals surface area contributed by atoms with Crippen LogP contribution >= 0.6 is 24.8 Å². The standard InChI is InChI=1S/C33H31N3O8.2ClH/c1-39-25-17-24-23(16-26(25)44-18-19-10-12-35-13-11-19)29(20-14-27(40-2)31(42-4)28(15-20)41-3)30(33(38)43-5)36(32(24)37)22-8-6-21(34)7-9-22;;/h6-17H,18,34H2,1-5H3;2*1H. The van der Waals surface area contributed by atoms with E-state index in [1.165, 1.54) is 40.1 Å². The van der Waals surface area contributed by atoms with E-state index in [0.717, 1.165) is 5.56 Å². The van der Waals surface area contributed by atoms with Crippen molar-refractivity contribution in [3.8, 4) is 45.6 Å². The Balaban J connectivity index is 0.00000288. The van der Waals surface area contributed by atoms with E-state index in [1.807, 2.05) is 12.1 Å². The summed E-state index contributed by atoms with van der Waals surface area (Å²) in [6.45, 7) is 0.205. The number of carbonyl (C=O) groups is 1. The molecule has 13 heteroatoms. The molecule has 5 rings (SSSR count). The first-order valence-corrected chi connectivity index (χ1v) is 13.4. The number of anilines is 1. The molecule has 0 aliphatic carbocycles. The zero-order valence-corrected chi connectivity index (χ0v) is 27.3. The average molecular weight is 671 g/mol. The smallest absolute Gasteiger partial charge is 0.355 e. The van der Waals surface area contributed by atoms with Gasteiger partial charge in [0.15, 0.2) is 23.0 Å². The molecular formula is C33H33Cl2N3O8. The number of rotatable bonds is 10. The van der Waals surface area contributed by atoms with E-state index in [0.29, 0.717) is 56.6 Å². The number of nitrogen functional groups attached to an aromatic ring is 1. The van der Waals surface area contributed by atoms with Gasteiger partial charge in [0.25, 0.3) is 5.56 Å². The summed E-state index contributed by atoms with van der Waals surface area (Å²) in [4.78, 5) is 32.0. The van der Waals surface area contributed by atoms with Crippen molar-refractivity contribution < 1.29 is 33.2 Å². The first-order valence-electron chi connectivity index (χ1n) is 13.4. The number of pyridine rings is 2. The Kier molecular flexibility index (Phi) is 11.7. The largest absolute Gasteiger partial charge is 0.493 e. The monoisotopic (exact) mass is 669 g/mol. The van der Waals surface area contributed by atoms with Gasteiger partial charge in [-0.25, -0.2) is 4.79 Å². The number of methoxy groups -OCH3 is 5. The maximum Gasteiger partial charge on any atom is 0.355 e. The molecule has 0 spiro atoms. The van der Waals surface area contributed by atoms with Gasteiger partial charge in [0.2, 0.25) is 5.75 Å². The number of hydrogen-bond acceptors (Lipinski definition) is 10. The second-order valence-corrected chi connectivity index (χ2v) is 9.55. The van der Waals surface area contributed by atoms with Crippen molar-refractivity contribution in [3.63, 3.8) is 0 Å². The summed E-state index contributed by atoms with van der Waals surface area (Å²) in [5, 5.41) is 0.660.